The Bertz CT molecular complexity index is 1080. The Morgan fingerprint density at radius 3 is 2.62 bits per heavy atom. The van der Waals surface area contributed by atoms with Gasteiger partial charge in [-0.3, -0.25) is 4.79 Å². The third-order valence-corrected chi connectivity index (χ3v) is 6.15. The Morgan fingerprint density at radius 1 is 1.07 bits per heavy atom. The molecule has 1 aromatic heterocycles. The van der Waals surface area contributed by atoms with Crippen LogP contribution in [0.15, 0.2) is 55.0 Å². The van der Waals surface area contributed by atoms with E-state index in [4.69, 9.17) is 23.2 Å². The van der Waals surface area contributed by atoms with Crippen LogP contribution in [0.5, 0.6) is 0 Å². The number of halogens is 2. The predicted octanol–water partition coefficient (Wildman–Crippen LogP) is 4.87. The van der Waals surface area contributed by atoms with Gasteiger partial charge in [-0.1, -0.05) is 41.4 Å². The molecule has 0 radical (unpaired) electrons. The van der Waals surface area contributed by atoms with Gasteiger partial charge in [0.15, 0.2) is 0 Å². The van der Waals surface area contributed by atoms with Crippen LogP contribution in [0.3, 0.4) is 0 Å². The second-order valence-electron chi connectivity index (χ2n) is 7.51. The molecule has 29 heavy (non-hydrogen) atoms. The van der Waals surface area contributed by atoms with Gasteiger partial charge in [-0.25, -0.2) is 4.98 Å². The minimum Gasteiger partial charge on any atom is -0.365 e. The van der Waals surface area contributed by atoms with Gasteiger partial charge in [-0.15, -0.1) is 0 Å². The van der Waals surface area contributed by atoms with Crippen LogP contribution in [-0.4, -0.2) is 34.6 Å². The Hall–Kier alpha value is -2.50. The van der Waals surface area contributed by atoms with Gasteiger partial charge in [-0.05, 0) is 42.7 Å². The van der Waals surface area contributed by atoms with Crippen molar-refractivity contribution in [1.82, 2.24) is 9.55 Å². The summed E-state index contributed by atoms with van der Waals surface area (Å²) >= 11 is 12.3. The summed E-state index contributed by atoms with van der Waals surface area (Å²) in [5.41, 5.74) is 3.54. The van der Waals surface area contributed by atoms with E-state index in [-0.39, 0.29) is 5.91 Å². The summed E-state index contributed by atoms with van der Waals surface area (Å²) in [6.45, 7) is 1.98. The number of aromatic nitrogens is 2. The number of benzene rings is 2. The van der Waals surface area contributed by atoms with Crippen molar-refractivity contribution < 1.29 is 4.79 Å². The van der Waals surface area contributed by atoms with Gasteiger partial charge in [0.05, 0.1) is 30.4 Å². The number of rotatable bonds is 4. The van der Waals surface area contributed by atoms with Gasteiger partial charge in [0.25, 0.3) is 5.91 Å². The molecular weight excluding hydrogens is 407 g/mol. The number of fused-ring (bicyclic) bond motifs is 1. The maximum Gasteiger partial charge on any atom is 0.276 e. The van der Waals surface area contributed by atoms with E-state index in [2.05, 4.69) is 16.0 Å². The molecule has 7 heteroatoms. The number of carbonyl (C=O) groups is 1. The Labute approximate surface area is 179 Å². The van der Waals surface area contributed by atoms with Crippen molar-refractivity contribution in [2.75, 3.05) is 22.9 Å². The molecule has 0 N–H and O–H groups in total. The van der Waals surface area contributed by atoms with Gasteiger partial charge in [0.1, 0.15) is 5.69 Å². The first-order valence-corrected chi connectivity index (χ1v) is 10.5. The van der Waals surface area contributed by atoms with Gasteiger partial charge >= 0.3 is 0 Å². The van der Waals surface area contributed by atoms with Gasteiger partial charge in [0, 0.05) is 29.2 Å². The van der Waals surface area contributed by atoms with E-state index >= 15 is 0 Å². The molecule has 1 fully saturated rings. The molecule has 5 nitrogen and oxygen atoms in total. The standard InChI is InChI=1S/C22H20Cl2N4O/c23-16-6-5-15(18(24)11-16)13-26-14-25-12-21(26)22(29)28-10-9-27(17-7-8-17)19-3-1-2-4-20(19)28/h1-6,11-12,14,17H,7-10,13H2. The quantitative estimate of drug-likeness (QED) is 0.597. The summed E-state index contributed by atoms with van der Waals surface area (Å²) in [6, 6.07) is 14.2. The van der Waals surface area contributed by atoms with E-state index in [0.717, 1.165) is 23.5 Å². The van der Waals surface area contributed by atoms with Crippen LogP contribution in [0.25, 0.3) is 0 Å². The number of nitrogens with zero attached hydrogens (tertiary/aromatic N) is 4. The third kappa shape index (κ3) is 3.49. The van der Waals surface area contributed by atoms with Crippen molar-refractivity contribution in [1.29, 1.82) is 0 Å². The highest BCUT2D eigenvalue weighted by Gasteiger charge is 2.36. The highest BCUT2D eigenvalue weighted by molar-refractivity contribution is 6.35. The molecule has 2 aromatic carbocycles. The summed E-state index contributed by atoms with van der Waals surface area (Å²) in [4.78, 5) is 22.0. The van der Waals surface area contributed by atoms with E-state index in [1.807, 2.05) is 33.7 Å². The molecule has 2 heterocycles. The Balaban J connectivity index is 1.44. The van der Waals surface area contributed by atoms with Crippen LogP contribution in [0.2, 0.25) is 10.0 Å². The summed E-state index contributed by atoms with van der Waals surface area (Å²) in [5.74, 6) is -0.0458. The highest BCUT2D eigenvalue weighted by Crippen LogP contribution is 2.40. The van der Waals surface area contributed by atoms with Gasteiger partial charge in [0.2, 0.25) is 0 Å². The minimum absolute atomic E-state index is 0.0458. The average molecular weight is 427 g/mol. The largest absolute Gasteiger partial charge is 0.365 e. The van der Waals surface area contributed by atoms with Gasteiger partial charge < -0.3 is 14.4 Å². The fourth-order valence-electron chi connectivity index (χ4n) is 3.96. The summed E-state index contributed by atoms with van der Waals surface area (Å²) in [5, 5.41) is 1.17. The Kier molecular flexibility index (Phi) is 4.72. The van der Waals surface area contributed by atoms with Gasteiger partial charge in [-0.2, -0.15) is 0 Å². The normalized spacial score (nSPS) is 16.1. The van der Waals surface area contributed by atoms with Crippen molar-refractivity contribution >= 4 is 40.5 Å². The minimum atomic E-state index is -0.0458. The van der Waals surface area contributed by atoms with Crippen LogP contribution in [0, 0.1) is 0 Å². The van der Waals surface area contributed by atoms with E-state index in [1.54, 1.807) is 24.7 Å². The number of para-hydroxylation sites is 2. The molecule has 1 aliphatic heterocycles. The lowest BCUT2D eigenvalue weighted by Crippen LogP contribution is -2.45. The topological polar surface area (TPSA) is 41.4 Å². The number of imidazole rings is 1. The lowest BCUT2D eigenvalue weighted by molar-refractivity contribution is 0.0978. The molecular formula is C22H20Cl2N4O. The molecule has 0 saturated heterocycles. The van der Waals surface area contributed by atoms with Crippen LogP contribution >= 0.6 is 23.2 Å². The number of hydrogen-bond acceptors (Lipinski definition) is 3. The molecule has 3 aromatic rings. The van der Waals surface area contributed by atoms with Crippen LogP contribution in [-0.2, 0) is 6.54 Å². The first-order chi connectivity index (χ1) is 14.1. The second-order valence-corrected chi connectivity index (χ2v) is 8.36. The molecule has 148 valence electrons. The summed E-state index contributed by atoms with van der Waals surface area (Å²) < 4.78 is 1.84. The van der Waals surface area contributed by atoms with Crippen molar-refractivity contribution in [3.05, 3.63) is 76.3 Å². The lowest BCUT2D eigenvalue weighted by Gasteiger charge is -2.38. The zero-order chi connectivity index (χ0) is 20.0. The molecule has 1 saturated carbocycles. The van der Waals surface area contributed by atoms with E-state index < -0.39 is 0 Å². The maximum atomic E-state index is 13.5. The maximum absolute atomic E-state index is 13.5. The van der Waals surface area contributed by atoms with Crippen molar-refractivity contribution in [3.63, 3.8) is 0 Å². The first-order valence-electron chi connectivity index (χ1n) is 9.73. The van der Waals surface area contributed by atoms with E-state index in [9.17, 15) is 4.79 Å². The summed E-state index contributed by atoms with van der Waals surface area (Å²) in [6.07, 6.45) is 5.76. The zero-order valence-corrected chi connectivity index (χ0v) is 17.3. The molecule has 1 aliphatic carbocycles. The van der Waals surface area contributed by atoms with Crippen LogP contribution in [0.4, 0.5) is 11.4 Å². The van der Waals surface area contributed by atoms with Crippen molar-refractivity contribution in [2.45, 2.75) is 25.4 Å². The zero-order valence-electron chi connectivity index (χ0n) is 15.8. The van der Waals surface area contributed by atoms with Crippen LogP contribution < -0.4 is 9.80 Å². The molecule has 0 unspecified atom stereocenters. The SMILES string of the molecule is O=C(c1cncn1Cc1ccc(Cl)cc1Cl)N1CCN(C2CC2)c2ccccc21. The lowest BCUT2D eigenvalue weighted by atomic mass is 10.1. The van der Waals surface area contributed by atoms with E-state index in [1.165, 1.54) is 12.8 Å². The number of amides is 1. The molecule has 1 amide bonds. The fourth-order valence-corrected chi connectivity index (χ4v) is 4.43. The van der Waals surface area contributed by atoms with Crippen molar-refractivity contribution in [3.8, 4) is 0 Å². The predicted molar refractivity (Wildman–Crippen MR) is 116 cm³/mol. The number of anilines is 2. The molecule has 2 aliphatic rings. The fraction of sp³-hybridized carbons (Fsp3) is 0.273. The molecule has 0 bridgehead atoms. The number of carbonyl (C=O) groups excluding carboxylic acids is 1. The number of hydrogen-bond donors (Lipinski definition) is 0. The van der Waals surface area contributed by atoms with Crippen LogP contribution in [0.1, 0.15) is 28.9 Å². The molecule has 0 atom stereocenters. The molecule has 5 rings (SSSR count). The smallest absolute Gasteiger partial charge is 0.276 e. The monoisotopic (exact) mass is 426 g/mol. The highest BCUT2D eigenvalue weighted by atomic mass is 35.5. The Morgan fingerprint density at radius 2 is 1.86 bits per heavy atom. The second kappa shape index (κ2) is 7.39. The molecule has 0 spiro atoms. The third-order valence-electron chi connectivity index (χ3n) is 5.57. The van der Waals surface area contributed by atoms with Crippen molar-refractivity contribution in [2.24, 2.45) is 0 Å². The first kappa shape index (κ1) is 18.5. The average Bonchev–Trinajstić information content (AvgIpc) is 3.47. The summed E-state index contributed by atoms with van der Waals surface area (Å²) in [7, 11) is 0. The van der Waals surface area contributed by atoms with E-state index in [0.29, 0.717) is 34.9 Å².